The molecule has 0 aromatic heterocycles. The molecule has 0 saturated carbocycles. The summed E-state index contributed by atoms with van der Waals surface area (Å²) in [6.45, 7) is 0. The van der Waals surface area contributed by atoms with E-state index in [1.165, 1.54) is 30.3 Å². The summed E-state index contributed by atoms with van der Waals surface area (Å²) in [5.41, 5.74) is -4.48. The highest BCUT2D eigenvalue weighted by Gasteiger charge is 2.63. The Morgan fingerprint density at radius 3 is 1.29 bits per heavy atom. The lowest BCUT2D eigenvalue weighted by atomic mass is 9.67. The number of hydrogen-bond acceptors (Lipinski definition) is 11. The van der Waals surface area contributed by atoms with E-state index < -0.39 is 81.8 Å². The maximum absolute atomic E-state index is 15.5. The van der Waals surface area contributed by atoms with Gasteiger partial charge >= 0.3 is 30.8 Å². The van der Waals surface area contributed by atoms with Gasteiger partial charge in [-0.25, -0.2) is 19.2 Å². The van der Waals surface area contributed by atoms with Crippen molar-refractivity contribution in [2.24, 2.45) is 0 Å². The van der Waals surface area contributed by atoms with Crippen LogP contribution in [-0.4, -0.2) is 30.8 Å². The normalized spacial score (nSPS) is 17.1. The molecule has 11 nitrogen and oxygen atoms in total. The number of halogens is 3. The van der Waals surface area contributed by atoms with E-state index in [1.54, 1.807) is 0 Å². The second-order valence-corrected chi connectivity index (χ2v) is 7.92. The Morgan fingerprint density at radius 2 is 0.895 bits per heavy atom. The van der Waals surface area contributed by atoms with Gasteiger partial charge in [0.1, 0.15) is 16.9 Å². The molecular weight excluding hydrogens is 521 g/mol. The third kappa shape index (κ3) is 3.37. The van der Waals surface area contributed by atoms with Crippen molar-refractivity contribution in [2.75, 3.05) is 0 Å². The number of ether oxygens (including phenoxy) is 7. The van der Waals surface area contributed by atoms with Gasteiger partial charge in [-0.2, -0.15) is 13.2 Å². The Morgan fingerprint density at radius 1 is 0.500 bits per heavy atom. The smallest absolute Gasteiger partial charge is 0.456 e. The number of benzene rings is 3. The zero-order valence-electron chi connectivity index (χ0n) is 18.3. The molecule has 3 aliphatic rings. The zero-order valence-corrected chi connectivity index (χ0v) is 18.3. The molecule has 14 heteroatoms. The lowest BCUT2D eigenvalue weighted by molar-refractivity contribution is -0.168. The summed E-state index contributed by atoms with van der Waals surface area (Å²) in [6, 6.07) is 10.1. The first-order valence-corrected chi connectivity index (χ1v) is 10.5. The molecule has 0 radical (unpaired) electrons. The molecule has 3 heterocycles. The van der Waals surface area contributed by atoms with Crippen molar-refractivity contribution in [1.82, 2.24) is 0 Å². The highest BCUT2D eigenvalue weighted by atomic mass is 19.4. The third-order valence-corrected chi connectivity index (χ3v) is 5.86. The van der Waals surface area contributed by atoms with E-state index in [9.17, 15) is 19.2 Å². The van der Waals surface area contributed by atoms with Crippen LogP contribution in [0.3, 0.4) is 0 Å². The van der Waals surface area contributed by atoms with Crippen molar-refractivity contribution < 1.29 is 65.5 Å². The molecule has 0 bridgehead atoms. The molecule has 0 unspecified atom stereocenters. The number of cyclic esters (lactones) is 4. The topological polar surface area (TPSA) is 133 Å². The summed E-state index contributed by atoms with van der Waals surface area (Å²) in [4.78, 5) is 47.0. The Kier molecular flexibility index (Phi) is 4.79. The highest BCUT2D eigenvalue weighted by Crippen LogP contribution is 2.62. The van der Waals surface area contributed by atoms with Crippen LogP contribution in [0.15, 0.2) is 54.6 Å². The predicted octanol–water partition coefficient (Wildman–Crippen LogP) is 5.74. The quantitative estimate of drug-likeness (QED) is 0.216. The Balaban J connectivity index is 1.70. The van der Waals surface area contributed by atoms with Gasteiger partial charge in [0, 0.05) is 23.3 Å². The van der Waals surface area contributed by atoms with E-state index in [-0.39, 0.29) is 5.56 Å². The third-order valence-electron chi connectivity index (χ3n) is 5.86. The first-order valence-electron chi connectivity index (χ1n) is 10.5. The lowest BCUT2D eigenvalue weighted by Gasteiger charge is -2.42. The van der Waals surface area contributed by atoms with Gasteiger partial charge in [-0.15, -0.1) is 0 Å². The van der Waals surface area contributed by atoms with Gasteiger partial charge in [0.2, 0.25) is 0 Å². The van der Waals surface area contributed by atoms with Crippen LogP contribution in [0.25, 0.3) is 0 Å². The minimum Gasteiger partial charge on any atom is -0.456 e. The van der Waals surface area contributed by atoms with E-state index in [0.29, 0.717) is 0 Å². The van der Waals surface area contributed by atoms with Gasteiger partial charge in [0.25, 0.3) is 0 Å². The average Bonchev–Trinajstić information content (AvgIpc) is 3.06. The first kappa shape index (κ1) is 23.1. The largest absolute Gasteiger partial charge is 0.524 e. The maximum atomic E-state index is 15.5. The molecule has 0 fully saturated rings. The van der Waals surface area contributed by atoms with E-state index in [1.807, 2.05) is 0 Å². The molecule has 6 rings (SSSR count). The Labute approximate surface area is 208 Å². The number of carbonyl (C=O) groups is 4. The van der Waals surface area contributed by atoms with Crippen molar-refractivity contribution in [3.8, 4) is 34.5 Å². The van der Waals surface area contributed by atoms with Crippen LogP contribution in [0, 0.1) is 0 Å². The van der Waals surface area contributed by atoms with Gasteiger partial charge in [-0.1, -0.05) is 30.3 Å². The summed E-state index contributed by atoms with van der Waals surface area (Å²) < 4.78 is 80.0. The molecule has 3 aliphatic heterocycles. The van der Waals surface area contributed by atoms with Crippen molar-refractivity contribution in [3.05, 3.63) is 71.3 Å². The van der Waals surface area contributed by atoms with Gasteiger partial charge in [-0.05, 0) is 17.7 Å². The average molecular weight is 530 g/mol. The summed E-state index contributed by atoms with van der Waals surface area (Å²) in [5, 5.41) is 0. The molecule has 0 saturated heterocycles. The Bertz CT molecular complexity index is 1480. The van der Waals surface area contributed by atoms with Crippen LogP contribution in [0.5, 0.6) is 34.5 Å². The minimum atomic E-state index is -5.12. The lowest BCUT2D eigenvalue weighted by Crippen LogP contribution is -2.46. The monoisotopic (exact) mass is 530 g/mol. The second-order valence-electron chi connectivity index (χ2n) is 7.92. The van der Waals surface area contributed by atoms with Crippen molar-refractivity contribution in [3.63, 3.8) is 0 Å². The van der Waals surface area contributed by atoms with Crippen molar-refractivity contribution in [2.45, 2.75) is 11.6 Å². The van der Waals surface area contributed by atoms with Crippen LogP contribution in [0.2, 0.25) is 0 Å². The number of fused-ring (bicyclic) bond motifs is 4. The van der Waals surface area contributed by atoms with E-state index >= 15 is 13.2 Å². The molecule has 0 atom stereocenters. The van der Waals surface area contributed by atoms with E-state index in [2.05, 4.69) is 9.47 Å². The van der Waals surface area contributed by atoms with E-state index in [4.69, 9.17) is 23.7 Å². The molecule has 0 amide bonds. The number of hydrogen-bond donors (Lipinski definition) is 0. The van der Waals surface area contributed by atoms with Crippen molar-refractivity contribution in [1.29, 1.82) is 0 Å². The number of carbonyl (C=O) groups excluding carboxylic acids is 4. The molecule has 192 valence electrons. The first-order chi connectivity index (χ1) is 18.1. The fraction of sp³-hybridized carbons (Fsp3) is 0.0833. The van der Waals surface area contributed by atoms with Crippen LogP contribution >= 0.6 is 0 Å². The summed E-state index contributed by atoms with van der Waals surface area (Å²) in [5.74, 6) is -2.93. The van der Waals surface area contributed by atoms with Crippen LogP contribution in [0.4, 0.5) is 32.3 Å². The Hall–Kier alpha value is -5.27. The van der Waals surface area contributed by atoms with Crippen molar-refractivity contribution >= 4 is 24.6 Å². The second kappa shape index (κ2) is 7.86. The van der Waals surface area contributed by atoms with Crippen LogP contribution in [0.1, 0.15) is 16.7 Å². The maximum Gasteiger partial charge on any atom is 0.524 e. The fourth-order valence-electron chi connectivity index (χ4n) is 4.47. The number of rotatable bonds is 1. The molecule has 0 spiro atoms. The standard InChI is InChI=1S/C24H9F3O11/c25-24(26,27)23(10-4-2-1-3-5-10)11-6-15-17(35-21(30)37-19(28)33-15)8-13(11)32-14-9-18-16(7-12(14)23)34-20(29)38-22(31)36-18/h1-9H. The highest BCUT2D eigenvalue weighted by molar-refractivity contribution is 5.85. The molecule has 3 aromatic rings. The minimum absolute atomic E-state index is 0.306. The molecule has 3 aromatic carbocycles. The molecule has 0 aliphatic carbocycles. The van der Waals surface area contributed by atoms with Crippen LogP contribution in [-0.2, 0) is 14.9 Å². The van der Waals surface area contributed by atoms with E-state index in [0.717, 1.165) is 24.3 Å². The summed E-state index contributed by atoms with van der Waals surface area (Å²) in [6.07, 6.45) is -11.1. The van der Waals surface area contributed by atoms with Gasteiger partial charge in [0.05, 0.1) is 0 Å². The molecular formula is C24H9F3O11. The van der Waals surface area contributed by atoms with Gasteiger partial charge in [-0.3, -0.25) is 0 Å². The van der Waals surface area contributed by atoms with Gasteiger partial charge in [0.15, 0.2) is 23.0 Å². The molecule has 0 N–H and O–H groups in total. The van der Waals surface area contributed by atoms with Crippen LogP contribution < -0.4 is 23.7 Å². The SMILES string of the molecule is O=C1OC(=O)Oc2cc3c(cc2O1)Oc1cc2c(cc1C3(c1ccccc1)C(F)(F)F)OC(=O)OC(=O)O2. The molecule has 38 heavy (non-hydrogen) atoms. The fourth-order valence-corrected chi connectivity index (χ4v) is 4.47. The predicted molar refractivity (Wildman–Crippen MR) is 112 cm³/mol. The summed E-state index contributed by atoms with van der Waals surface area (Å²) in [7, 11) is 0. The zero-order chi connectivity index (χ0) is 26.8. The number of alkyl halides is 3. The van der Waals surface area contributed by atoms with Gasteiger partial charge < -0.3 is 33.2 Å². The summed E-state index contributed by atoms with van der Waals surface area (Å²) >= 11 is 0.